The van der Waals surface area contributed by atoms with Gasteiger partial charge in [0.05, 0.1) is 6.10 Å². The van der Waals surface area contributed by atoms with Crippen LogP contribution in [0.5, 0.6) is 11.5 Å². The van der Waals surface area contributed by atoms with Gasteiger partial charge in [-0.15, -0.1) is 0 Å². The largest absolute Gasteiger partial charge is 0.454 e. The van der Waals surface area contributed by atoms with Gasteiger partial charge < -0.3 is 9.84 Å². The molecule has 2 nitrogen and oxygen atoms in total. The number of rotatable bonds is 4. The Kier molecular flexibility index (Phi) is 4.63. The Hall–Kier alpha value is -1.87. The third-order valence-corrected chi connectivity index (χ3v) is 3.53. The summed E-state index contributed by atoms with van der Waals surface area (Å²) in [5.41, 5.74) is 2.80. The molecule has 2 aromatic rings. The molecule has 0 spiro atoms. The van der Waals surface area contributed by atoms with Crippen LogP contribution in [-0.4, -0.2) is 5.11 Å². The van der Waals surface area contributed by atoms with Crippen LogP contribution in [0.3, 0.4) is 0 Å². The summed E-state index contributed by atoms with van der Waals surface area (Å²) in [6.07, 6.45) is -0.785. The fourth-order valence-corrected chi connectivity index (χ4v) is 2.44. The summed E-state index contributed by atoms with van der Waals surface area (Å²) in [5.74, 6) is 0.618. The Bertz CT molecular complexity index is 633. The number of para-hydroxylation sites is 1. The SMILES string of the molecule is Cc1cc(Oc2c(F)cccc2C(C)O)ccc1C(C)C. The zero-order chi connectivity index (χ0) is 15.6. The first-order valence-corrected chi connectivity index (χ1v) is 7.15. The van der Waals surface area contributed by atoms with Gasteiger partial charge in [0.15, 0.2) is 11.6 Å². The molecule has 0 aliphatic rings. The smallest absolute Gasteiger partial charge is 0.168 e. The van der Waals surface area contributed by atoms with Crippen molar-refractivity contribution in [3.8, 4) is 11.5 Å². The highest BCUT2D eigenvalue weighted by molar-refractivity contribution is 5.43. The quantitative estimate of drug-likeness (QED) is 0.847. The molecule has 0 aromatic heterocycles. The fourth-order valence-electron chi connectivity index (χ4n) is 2.44. The van der Waals surface area contributed by atoms with E-state index in [9.17, 15) is 9.50 Å². The molecule has 21 heavy (non-hydrogen) atoms. The second-order valence-electron chi connectivity index (χ2n) is 5.61. The number of aliphatic hydroxyl groups excluding tert-OH is 1. The Morgan fingerprint density at radius 2 is 1.76 bits per heavy atom. The maximum atomic E-state index is 14.0. The van der Waals surface area contributed by atoms with E-state index in [1.807, 2.05) is 25.1 Å². The van der Waals surface area contributed by atoms with Gasteiger partial charge in [-0.1, -0.05) is 32.0 Å². The second kappa shape index (κ2) is 6.27. The minimum Gasteiger partial charge on any atom is -0.454 e. The Balaban J connectivity index is 2.37. The molecule has 1 atom stereocenters. The van der Waals surface area contributed by atoms with Gasteiger partial charge in [0, 0.05) is 5.56 Å². The topological polar surface area (TPSA) is 29.5 Å². The number of ether oxygens (including phenoxy) is 1. The lowest BCUT2D eigenvalue weighted by Crippen LogP contribution is -1.99. The van der Waals surface area contributed by atoms with Crippen LogP contribution in [0.2, 0.25) is 0 Å². The number of halogens is 1. The van der Waals surface area contributed by atoms with E-state index in [-0.39, 0.29) is 5.75 Å². The van der Waals surface area contributed by atoms with Gasteiger partial charge in [0.25, 0.3) is 0 Å². The summed E-state index contributed by atoms with van der Waals surface area (Å²) >= 11 is 0. The van der Waals surface area contributed by atoms with Gasteiger partial charge >= 0.3 is 0 Å². The second-order valence-corrected chi connectivity index (χ2v) is 5.61. The molecule has 1 N–H and O–H groups in total. The van der Waals surface area contributed by atoms with Crippen molar-refractivity contribution in [3.05, 3.63) is 58.9 Å². The molecular formula is C18H21FO2. The van der Waals surface area contributed by atoms with Crippen LogP contribution in [0.4, 0.5) is 4.39 Å². The number of aliphatic hydroxyl groups is 1. The number of hydrogen-bond acceptors (Lipinski definition) is 2. The van der Waals surface area contributed by atoms with Crippen molar-refractivity contribution in [2.45, 2.75) is 39.7 Å². The summed E-state index contributed by atoms with van der Waals surface area (Å²) in [4.78, 5) is 0. The molecular weight excluding hydrogens is 267 g/mol. The maximum Gasteiger partial charge on any atom is 0.168 e. The fraction of sp³-hybridized carbons (Fsp3) is 0.333. The molecule has 112 valence electrons. The molecule has 1 unspecified atom stereocenters. The van der Waals surface area contributed by atoms with Crippen LogP contribution in [-0.2, 0) is 0 Å². The Morgan fingerprint density at radius 3 is 2.33 bits per heavy atom. The average molecular weight is 288 g/mol. The van der Waals surface area contributed by atoms with Gasteiger partial charge in [-0.3, -0.25) is 0 Å². The van der Waals surface area contributed by atoms with Crippen molar-refractivity contribution in [1.82, 2.24) is 0 Å². The summed E-state index contributed by atoms with van der Waals surface area (Å²) in [5, 5.41) is 9.73. The van der Waals surface area contributed by atoms with Crippen molar-refractivity contribution in [3.63, 3.8) is 0 Å². The van der Waals surface area contributed by atoms with Crippen molar-refractivity contribution in [2.75, 3.05) is 0 Å². The van der Waals surface area contributed by atoms with E-state index in [2.05, 4.69) is 13.8 Å². The minimum absolute atomic E-state index is 0.0872. The van der Waals surface area contributed by atoms with E-state index < -0.39 is 11.9 Å². The minimum atomic E-state index is -0.785. The van der Waals surface area contributed by atoms with Crippen LogP contribution in [0.25, 0.3) is 0 Å². The third-order valence-electron chi connectivity index (χ3n) is 3.53. The van der Waals surface area contributed by atoms with Crippen molar-refractivity contribution >= 4 is 0 Å². The normalized spacial score (nSPS) is 12.5. The van der Waals surface area contributed by atoms with Crippen molar-refractivity contribution in [2.24, 2.45) is 0 Å². The highest BCUT2D eigenvalue weighted by atomic mass is 19.1. The van der Waals surface area contributed by atoms with Crippen LogP contribution in [0, 0.1) is 12.7 Å². The Morgan fingerprint density at radius 1 is 1.05 bits per heavy atom. The monoisotopic (exact) mass is 288 g/mol. The molecule has 0 aliphatic carbocycles. The molecule has 3 heteroatoms. The first kappa shape index (κ1) is 15.5. The van der Waals surface area contributed by atoms with Gasteiger partial charge in [-0.05, 0) is 49.1 Å². The van der Waals surface area contributed by atoms with Crippen molar-refractivity contribution < 1.29 is 14.2 Å². The Labute approximate surface area is 125 Å². The van der Waals surface area contributed by atoms with E-state index in [0.29, 0.717) is 17.2 Å². The summed E-state index contributed by atoms with van der Waals surface area (Å²) < 4.78 is 19.7. The molecule has 0 aliphatic heterocycles. The molecule has 0 saturated carbocycles. The number of aryl methyl sites for hydroxylation is 1. The first-order chi connectivity index (χ1) is 9.90. The standard InChI is InChI=1S/C18H21FO2/c1-11(2)15-9-8-14(10-12(15)3)21-18-16(13(4)20)6-5-7-17(18)19/h5-11,13,20H,1-4H3. The van der Waals surface area contributed by atoms with E-state index in [1.165, 1.54) is 11.6 Å². The van der Waals surface area contributed by atoms with Gasteiger partial charge in [0.2, 0.25) is 0 Å². The molecule has 2 rings (SSSR count). The molecule has 0 heterocycles. The molecule has 0 bridgehead atoms. The molecule has 0 radical (unpaired) electrons. The van der Waals surface area contributed by atoms with E-state index >= 15 is 0 Å². The average Bonchev–Trinajstić information content (AvgIpc) is 2.40. The first-order valence-electron chi connectivity index (χ1n) is 7.15. The highest BCUT2D eigenvalue weighted by Crippen LogP contribution is 2.33. The van der Waals surface area contributed by atoms with E-state index in [4.69, 9.17) is 4.74 Å². The molecule has 0 saturated heterocycles. The maximum absolute atomic E-state index is 14.0. The lowest BCUT2D eigenvalue weighted by atomic mass is 9.98. The highest BCUT2D eigenvalue weighted by Gasteiger charge is 2.15. The summed E-state index contributed by atoms with van der Waals surface area (Å²) in [7, 11) is 0. The van der Waals surface area contributed by atoms with Crippen LogP contribution < -0.4 is 4.74 Å². The third kappa shape index (κ3) is 3.42. The molecule has 0 amide bonds. The van der Waals surface area contributed by atoms with Crippen LogP contribution in [0.15, 0.2) is 36.4 Å². The lowest BCUT2D eigenvalue weighted by Gasteiger charge is -2.16. The number of hydrogen-bond donors (Lipinski definition) is 1. The zero-order valence-corrected chi connectivity index (χ0v) is 12.9. The van der Waals surface area contributed by atoms with Crippen molar-refractivity contribution in [1.29, 1.82) is 0 Å². The summed E-state index contributed by atoms with van der Waals surface area (Å²) in [6, 6.07) is 10.3. The van der Waals surface area contributed by atoms with Gasteiger partial charge in [-0.25, -0.2) is 4.39 Å². The zero-order valence-electron chi connectivity index (χ0n) is 12.9. The van der Waals surface area contributed by atoms with Gasteiger partial charge in [-0.2, -0.15) is 0 Å². The predicted octanol–water partition coefficient (Wildman–Crippen LogP) is 5.10. The number of benzene rings is 2. The van der Waals surface area contributed by atoms with Crippen LogP contribution in [0.1, 0.15) is 49.5 Å². The molecule has 0 fully saturated rings. The lowest BCUT2D eigenvalue weighted by molar-refractivity contribution is 0.194. The van der Waals surface area contributed by atoms with E-state index in [0.717, 1.165) is 5.56 Å². The summed E-state index contributed by atoms with van der Waals surface area (Å²) in [6.45, 7) is 7.87. The molecule has 2 aromatic carbocycles. The predicted molar refractivity (Wildman–Crippen MR) is 82.4 cm³/mol. The van der Waals surface area contributed by atoms with Gasteiger partial charge in [0.1, 0.15) is 5.75 Å². The van der Waals surface area contributed by atoms with Crippen LogP contribution >= 0.6 is 0 Å². The van der Waals surface area contributed by atoms with E-state index in [1.54, 1.807) is 19.1 Å².